The summed E-state index contributed by atoms with van der Waals surface area (Å²) in [6.45, 7) is 2.69. The number of carbonyl (C=O) groups is 1. The van der Waals surface area contributed by atoms with Crippen molar-refractivity contribution in [3.05, 3.63) is 71.5 Å². The zero-order valence-electron chi connectivity index (χ0n) is 14.2. The van der Waals surface area contributed by atoms with Crippen molar-refractivity contribution >= 4 is 23.2 Å². The molecule has 134 valence electrons. The average Bonchev–Trinajstić information content (AvgIpc) is 3.11. The molecule has 0 aliphatic heterocycles. The van der Waals surface area contributed by atoms with Gasteiger partial charge in [0.1, 0.15) is 11.5 Å². The standard InChI is InChI=1S/C19H18ClN3O3/c1-2-25-16-8-6-15(7-9-16)21-19(24)18-10-11-23(22-18)13-26-17-5-3-4-14(20)12-17/h3-12H,2,13H2,1H3,(H,21,24). The van der Waals surface area contributed by atoms with Crippen LogP contribution >= 0.6 is 11.6 Å². The van der Waals surface area contributed by atoms with E-state index in [1.54, 1.807) is 60.8 Å². The molecule has 26 heavy (non-hydrogen) atoms. The molecule has 0 atom stereocenters. The summed E-state index contributed by atoms with van der Waals surface area (Å²) in [5.74, 6) is 1.09. The van der Waals surface area contributed by atoms with Gasteiger partial charge in [-0.1, -0.05) is 17.7 Å². The second-order valence-corrected chi connectivity index (χ2v) is 5.82. The number of anilines is 1. The number of nitrogens with zero attached hydrogens (tertiary/aromatic N) is 2. The number of carbonyl (C=O) groups excluding carboxylic acids is 1. The van der Waals surface area contributed by atoms with Crippen molar-refractivity contribution in [3.8, 4) is 11.5 Å². The van der Waals surface area contributed by atoms with Crippen LogP contribution in [-0.4, -0.2) is 22.3 Å². The predicted octanol–water partition coefficient (Wildman–Crippen LogP) is 4.22. The lowest BCUT2D eigenvalue weighted by atomic mass is 10.3. The minimum atomic E-state index is -0.296. The van der Waals surface area contributed by atoms with Crippen LogP contribution in [0.25, 0.3) is 0 Å². The van der Waals surface area contributed by atoms with E-state index in [1.807, 2.05) is 6.92 Å². The third-order valence-corrected chi connectivity index (χ3v) is 3.69. The molecule has 3 rings (SSSR count). The number of hydrogen-bond donors (Lipinski definition) is 1. The van der Waals surface area contributed by atoms with E-state index in [-0.39, 0.29) is 12.6 Å². The zero-order valence-corrected chi connectivity index (χ0v) is 14.9. The molecule has 0 unspecified atom stereocenters. The van der Waals surface area contributed by atoms with Crippen molar-refractivity contribution in [1.82, 2.24) is 9.78 Å². The maximum Gasteiger partial charge on any atom is 0.276 e. The highest BCUT2D eigenvalue weighted by molar-refractivity contribution is 6.30. The third kappa shape index (κ3) is 4.77. The summed E-state index contributed by atoms with van der Waals surface area (Å²) in [4.78, 5) is 12.3. The van der Waals surface area contributed by atoms with Gasteiger partial charge in [0.15, 0.2) is 12.4 Å². The fraction of sp³-hybridized carbons (Fsp3) is 0.158. The van der Waals surface area contributed by atoms with E-state index in [4.69, 9.17) is 21.1 Å². The number of aromatic nitrogens is 2. The Labute approximate surface area is 156 Å². The lowest BCUT2D eigenvalue weighted by Gasteiger charge is -2.07. The van der Waals surface area contributed by atoms with Crippen molar-refractivity contribution in [1.29, 1.82) is 0 Å². The maximum atomic E-state index is 12.3. The van der Waals surface area contributed by atoms with Gasteiger partial charge in [-0.3, -0.25) is 4.79 Å². The van der Waals surface area contributed by atoms with Gasteiger partial charge >= 0.3 is 0 Å². The highest BCUT2D eigenvalue weighted by atomic mass is 35.5. The molecule has 1 amide bonds. The first-order valence-corrected chi connectivity index (χ1v) is 8.48. The molecular weight excluding hydrogens is 354 g/mol. The molecule has 3 aromatic rings. The van der Waals surface area contributed by atoms with Gasteiger partial charge in [0, 0.05) is 16.9 Å². The fourth-order valence-corrected chi connectivity index (χ4v) is 2.43. The molecule has 1 heterocycles. The van der Waals surface area contributed by atoms with Crippen molar-refractivity contribution in [3.63, 3.8) is 0 Å². The summed E-state index contributed by atoms with van der Waals surface area (Å²) >= 11 is 5.91. The van der Waals surface area contributed by atoms with Crippen LogP contribution in [0.2, 0.25) is 5.02 Å². The van der Waals surface area contributed by atoms with Gasteiger partial charge in [-0.15, -0.1) is 0 Å². The largest absolute Gasteiger partial charge is 0.494 e. The normalized spacial score (nSPS) is 10.4. The number of rotatable bonds is 7. The summed E-state index contributed by atoms with van der Waals surface area (Å²) in [7, 11) is 0. The summed E-state index contributed by atoms with van der Waals surface area (Å²) < 4.78 is 12.5. The van der Waals surface area contributed by atoms with Gasteiger partial charge in [0.25, 0.3) is 5.91 Å². The Hall–Kier alpha value is -2.99. The average molecular weight is 372 g/mol. The molecule has 0 aliphatic rings. The molecule has 0 aliphatic carbocycles. The summed E-state index contributed by atoms with van der Waals surface area (Å²) in [5.41, 5.74) is 0.969. The van der Waals surface area contributed by atoms with Gasteiger partial charge in [0.2, 0.25) is 0 Å². The molecule has 0 radical (unpaired) electrons. The Morgan fingerprint density at radius 3 is 2.65 bits per heavy atom. The Morgan fingerprint density at radius 2 is 1.92 bits per heavy atom. The van der Waals surface area contributed by atoms with Crippen LogP contribution in [0, 0.1) is 0 Å². The third-order valence-electron chi connectivity index (χ3n) is 3.46. The number of hydrogen-bond acceptors (Lipinski definition) is 4. The second kappa shape index (κ2) is 8.40. The highest BCUT2D eigenvalue weighted by Gasteiger charge is 2.10. The SMILES string of the molecule is CCOc1ccc(NC(=O)c2ccn(COc3cccc(Cl)c3)n2)cc1. The Bertz CT molecular complexity index is 878. The van der Waals surface area contributed by atoms with Gasteiger partial charge in [-0.2, -0.15) is 5.10 Å². The van der Waals surface area contributed by atoms with E-state index < -0.39 is 0 Å². The molecule has 7 heteroatoms. The molecule has 0 bridgehead atoms. The summed E-state index contributed by atoms with van der Waals surface area (Å²) in [6, 6.07) is 15.9. The van der Waals surface area contributed by atoms with Gasteiger partial charge < -0.3 is 14.8 Å². The quantitative estimate of drug-likeness (QED) is 0.675. The van der Waals surface area contributed by atoms with Crippen molar-refractivity contribution in [2.45, 2.75) is 13.7 Å². The minimum Gasteiger partial charge on any atom is -0.494 e. The lowest BCUT2D eigenvalue weighted by Crippen LogP contribution is -2.14. The number of amides is 1. The van der Waals surface area contributed by atoms with Gasteiger partial charge in [-0.05, 0) is 55.5 Å². The van der Waals surface area contributed by atoms with Crippen molar-refractivity contribution < 1.29 is 14.3 Å². The first kappa shape index (κ1) is 17.8. The Kier molecular flexibility index (Phi) is 5.76. The van der Waals surface area contributed by atoms with E-state index in [0.717, 1.165) is 5.75 Å². The minimum absolute atomic E-state index is 0.177. The highest BCUT2D eigenvalue weighted by Crippen LogP contribution is 2.18. The van der Waals surface area contributed by atoms with Crippen LogP contribution in [0.5, 0.6) is 11.5 Å². The molecule has 6 nitrogen and oxygen atoms in total. The monoisotopic (exact) mass is 371 g/mol. The molecule has 0 saturated carbocycles. The predicted molar refractivity (Wildman–Crippen MR) is 99.9 cm³/mol. The molecule has 1 aromatic heterocycles. The second-order valence-electron chi connectivity index (χ2n) is 5.38. The molecule has 0 fully saturated rings. The fourth-order valence-electron chi connectivity index (χ4n) is 2.25. The molecule has 0 saturated heterocycles. The molecule has 0 spiro atoms. The van der Waals surface area contributed by atoms with E-state index in [0.29, 0.717) is 28.8 Å². The van der Waals surface area contributed by atoms with Crippen molar-refractivity contribution in [2.24, 2.45) is 0 Å². The van der Waals surface area contributed by atoms with Crippen molar-refractivity contribution in [2.75, 3.05) is 11.9 Å². The summed E-state index contributed by atoms with van der Waals surface area (Å²) in [5, 5.41) is 7.60. The van der Waals surface area contributed by atoms with Gasteiger partial charge in [0.05, 0.1) is 6.61 Å². The van der Waals surface area contributed by atoms with E-state index >= 15 is 0 Å². The van der Waals surface area contributed by atoms with Crippen LogP contribution < -0.4 is 14.8 Å². The first-order valence-electron chi connectivity index (χ1n) is 8.10. The van der Waals surface area contributed by atoms with E-state index in [2.05, 4.69) is 10.4 Å². The Morgan fingerprint density at radius 1 is 1.12 bits per heavy atom. The maximum absolute atomic E-state index is 12.3. The number of ether oxygens (including phenoxy) is 2. The number of halogens is 1. The van der Waals surface area contributed by atoms with E-state index in [9.17, 15) is 4.79 Å². The Balaban J connectivity index is 1.57. The van der Waals surface area contributed by atoms with Crippen LogP contribution in [0.15, 0.2) is 60.8 Å². The lowest BCUT2D eigenvalue weighted by molar-refractivity contribution is 0.102. The van der Waals surface area contributed by atoms with Crippen LogP contribution in [0.3, 0.4) is 0 Å². The van der Waals surface area contributed by atoms with Crippen LogP contribution in [-0.2, 0) is 6.73 Å². The van der Waals surface area contributed by atoms with Gasteiger partial charge in [-0.25, -0.2) is 4.68 Å². The molecule has 1 N–H and O–H groups in total. The zero-order chi connectivity index (χ0) is 18.4. The summed E-state index contributed by atoms with van der Waals surface area (Å²) in [6.07, 6.45) is 1.68. The number of nitrogens with one attached hydrogen (secondary N) is 1. The first-order chi connectivity index (χ1) is 12.6. The molecular formula is C19H18ClN3O3. The van der Waals surface area contributed by atoms with E-state index in [1.165, 1.54) is 4.68 Å². The van der Waals surface area contributed by atoms with Crippen LogP contribution in [0.4, 0.5) is 5.69 Å². The smallest absolute Gasteiger partial charge is 0.276 e. The number of benzene rings is 2. The topological polar surface area (TPSA) is 65.4 Å². The molecule has 2 aromatic carbocycles. The van der Waals surface area contributed by atoms with Crippen LogP contribution in [0.1, 0.15) is 17.4 Å².